The first-order valence-corrected chi connectivity index (χ1v) is 7.51. The molecular formula is C16H17ClN2O2. The van der Waals surface area contributed by atoms with Crippen LogP contribution in [0.5, 0.6) is 5.75 Å². The summed E-state index contributed by atoms with van der Waals surface area (Å²) in [4.78, 5) is 13.9. The molecule has 0 aromatic heterocycles. The second kappa shape index (κ2) is 5.54. The summed E-state index contributed by atoms with van der Waals surface area (Å²) in [6.45, 7) is 0.862. The van der Waals surface area contributed by atoms with Crippen LogP contribution in [0.4, 0.5) is 5.69 Å². The van der Waals surface area contributed by atoms with E-state index in [1.165, 1.54) is 0 Å². The first kappa shape index (κ1) is 14.2. The van der Waals surface area contributed by atoms with E-state index in [1.54, 1.807) is 11.0 Å². The zero-order chi connectivity index (χ0) is 15.0. The number of aromatic hydroxyl groups is 1. The predicted octanol–water partition coefficient (Wildman–Crippen LogP) is 2.56. The van der Waals surface area contributed by atoms with Crippen molar-refractivity contribution in [2.24, 2.45) is 5.73 Å². The molecule has 1 heterocycles. The Bertz CT molecular complexity index is 702. The Morgan fingerprint density at radius 3 is 2.76 bits per heavy atom. The molecule has 1 amide bonds. The number of carbonyl (C=O) groups excluding carboxylic acids is 1. The van der Waals surface area contributed by atoms with Crippen LogP contribution in [0.2, 0.25) is 0 Å². The van der Waals surface area contributed by atoms with E-state index in [1.807, 2.05) is 24.3 Å². The van der Waals surface area contributed by atoms with Gasteiger partial charge in [0, 0.05) is 42.8 Å². The number of anilines is 1. The van der Waals surface area contributed by atoms with Gasteiger partial charge >= 0.3 is 0 Å². The molecule has 2 aromatic rings. The van der Waals surface area contributed by atoms with Crippen LogP contribution < -0.4 is 10.6 Å². The van der Waals surface area contributed by atoms with Crippen molar-refractivity contribution in [2.45, 2.75) is 12.3 Å². The number of amides is 1. The van der Waals surface area contributed by atoms with E-state index in [0.717, 1.165) is 22.0 Å². The largest absolute Gasteiger partial charge is 0.507 e. The Morgan fingerprint density at radius 1 is 1.38 bits per heavy atom. The predicted molar refractivity (Wildman–Crippen MR) is 85.1 cm³/mol. The summed E-state index contributed by atoms with van der Waals surface area (Å²) in [6, 6.07) is 9.32. The van der Waals surface area contributed by atoms with E-state index in [0.29, 0.717) is 25.4 Å². The lowest BCUT2D eigenvalue weighted by Gasteiger charge is -2.18. The second-order valence-electron chi connectivity index (χ2n) is 5.27. The quantitative estimate of drug-likeness (QED) is 0.857. The molecule has 1 aliphatic heterocycles. The van der Waals surface area contributed by atoms with Gasteiger partial charge in [0.25, 0.3) is 0 Å². The molecule has 1 atom stereocenters. The average molecular weight is 305 g/mol. The van der Waals surface area contributed by atoms with Gasteiger partial charge in [0.2, 0.25) is 5.91 Å². The molecule has 5 heteroatoms. The zero-order valence-corrected chi connectivity index (χ0v) is 12.3. The third-order valence-corrected chi connectivity index (χ3v) is 4.36. The molecule has 0 radical (unpaired) electrons. The first-order chi connectivity index (χ1) is 10.2. The molecule has 0 saturated carbocycles. The number of fused-ring (bicyclic) bond motifs is 3. The van der Waals surface area contributed by atoms with E-state index in [4.69, 9.17) is 17.3 Å². The van der Waals surface area contributed by atoms with Crippen molar-refractivity contribution >= 4 is 34.0 Å². The van der Waals surface area contributed by atoms with Crippen molar-refractivity contribution in [1.82, 2.24) is 0 Å². The van der Waals surface area contributed by atoms with E-state index < -0.39 is 0 Å². The van der Waals surface area contributed by atoms with Gasteiger partial charge in [0.15, 0.2) is 0 Å². The summed E-state index contributed by atoms with van der Waals surface area (Å²) in [5.41, 5.74) is 7.29. The zero-order valence-electron chi connectivity index (χ0n) is 11.6. The highest BCUT2D eigenvalue weighted by atomic mass is 35.5. The van der Waals surface area contributed by atoms with Crippen LogP contribution in [0.1, 0.15) is 17.9 Å². The highest BCUT2D eigenvalue weighted by molar-refractivity contribution is 6.19. The molecule has 0 saturated heterocycles. The number of nitrogens with two attached hydrogens (primary N) is 1. The molecule has 2 aromatic carbocycles. The number of rotatable bonds is 3. The number of hydrogen-bond acceptors (Lipinski definition) is 3. The number of phenolic OH excluding ortho intramolecular Hbond substituents is 1. The van der Waals surface area contributed by atoms with Crippen molar-refractivity contribution in [3.8, 4) is 5.75 Å². The van der Waals surface area contributed by atoms with Gasteiger partial charge in [-0.1, -0.05) is 24.3 Å². The lowest BCUT2D eigenvalue weighted by molar-refractivity contribution is -0.118. The van der Waals surface area contributed by atoms with Gasteiger partial charge in [-0.15, -0.1) is 11.6 Å². The Morgan fingerprint density at radius 2 is 2.10 bits per heavy atom. The fraction of sp³-hybridized carbons (Fsp3) is 0.312. The van der Waals surface area contributed by atoms with E-state index in [9.17, 15) is 9.90 Å². The van der Waals surface area contributed by atoms with Crippen molar-refractivity contribution in [3.05, 3.63) is 35.9 Å². The average Bonchev–Trinajstić information content (AvgIpc) is 2.86. The Labute approximate surface area is 128 Å². The molecule has 0 fully saturated rings. The molecular weight excluding hydrogens is 288 g/mol. The van der Waals surface area contributed by atoms with Crippen LogP contribution in [0.3, 0.4) is 0 Å². The number of phenols is 1. The van der Waals surface area contributed by atoms with Crippen molar-refractivity contribution < 1.29 is 9.90 Å². The minimum atomic E-state index is -0.0268. The molecule has 0 unspecified atom stereocenters. The number of alkyl halides is 1. The maximum Gasteiger partial charge on any atom is 0.228 e. The van der Waals surface area contributed by atoms with Crippen LogP contribution in [-0.4, -0.2) is 30.0 Å². The summed E-state index contributed by atoms with van der Waals surface area (Å²) >= 11 is 6.10. The van der Waals surface area contributed by atoms with Crippen LogP contribution in [0.15, 0.2) is 30.3 Å². The van der Waals surface area contributed by atoms with Crippen molar-refractivity contribution in [3.63, 3.8) is 0 Å². The van der Waals surface area contributed by atoms with Crippen molar-refractivity contribution in [2.75, 3.05) is 23.9 Å². The maximum absolute atomic E-state index is 12.2. The topological polar surface area (TPSA) is 66.6 Å². The second-order valence-corrected chi connectivity index (χ2v) is 5.58. The molecule has 110 valence electrons. The number of halogens is 1. The molecule has 0 aliphatic carbocycles. The van der Waals surface area contributed by atoms with E-state index in [-0.39, 0.29) is 17.6 Å². The lowest BCUT2D eigenvalue weighted by Crippen LogP contribution is -2.31. The Kier molecular flexibility index (Phi) is 3.74. The molecule has 4 nitrogen and oxygen atoms in total. The fourth-order valence-corrected chi connectivity index (χ4v) is 3.30. The third-order valence-electron chi connectivity index (χ3n) is 3.99. The maximum atomic E-state index is 12.2. The van der Waals surface area contributed by atoms with Crippen LogP contribution in [-0.2, 0) is 4.79 Å². The van der Waals surface area contributed by atoms with E-state index >= 15 is 0 Å². The van der Waals surface area contributed by atoms with Crippen LogP contribution >= 0.6 is 11.6 Å². The van der Waals surface area contributed by atoms with Crippen LogP contribution in [0, 0.1) is 0 Å². The summed E-state index contributed by atoms with van der Waals surface area (Å²) in [6.07, 6.45) is 0.294. The number of carbonyl (C=O) groups is 1. The van der Waals surface area contributed by atoms with Crippen molar-refractivity contribution in [1.29, 1.82) is 0 Å². The molecule has 0 bridgehead atoms. The normalized spacial score (nSPS) is 17.2. The lowest BCUT2D eigenvalue weighted by atomic mass is 9.95. The van der Waals surface area contributed by atoms with Gasteiger partial charge in [-0.3, -0.25) is 4.79 Å². The Balaban J connectivity index is 2.20. The molecule has 1 aliphatic rings. The first-order valence-electron chi connectivity index (χ1n) is 6.98. The van der Waals surface area contributed by atoms with E-state index in [2.05, 4.69) is 0 Å². The molecule has 3 N–H and O–H groups in total. The minimum absolute atomic E-state index is 0.0268. The number of benzene rings is 2. The smallest absolute Gasteiger partial charge is 0.228 e. The highest BCUT2D eigenvalue weighted by Gasteiger charge is 2.33. The monoisotopic (exact) mass is 304 g/mol. The number of hydrogen-bond donors (Lipinski definition) is 2. The molecule has 3 rings (SSSR count). The van der Waals surface area contributed by atoms with Gasteiger partial charge in [-0.2, -0.15) is 0 Å². The summed E-state index contributed by atoms with van der Waals surface area (Å²) in [5.74, 6) is 0.675. The third kappa shape index (κ3) is 2.24. The Hall–Kier alpha value is -1.78. The van der Waals surface area contributed by atoms with Gasteiger partial charge in [0.05, 0.1) is 5.69 Å². The highest BCUT2D eigenvalue weighted by Crippen LogP contribution is 2.45. The summed E-state index contributed by atoms with van der Waals surface area (Å²) < 4.78 is 0. The molecule has 21 heavy (non-hydrogen) atoms. The van der Waals surface area contributed by atoms with Gasteiger partial charge in [0.1, 0.15) is 5.75 Å². The standard InChI is InChI=1S/C16H17ClN2O2/c17-8-10-9-19(15(21)5-6-18)13-7-14(20)11-3-1-2-4-12(11)16(10)13/h1-4,7,10,20H,5-6,8-9,18H2/t10-/m1/s1. The van der Waals surface area contributed by atoms with Gasteiger partial charge in [-0.05, 0) is 10.9 Å². The summed E-state index contributed by atoms with van der Waals surface area (Å²) in [5, 5.41) is 12.0. The SMILES string of the molecule is NCCC(=O)N1C[C@@H](CCl)c2c1cc(O)c1ccccc21. The van der Waals surface area contributed by atoms with Gasteiger partial charge < -0.3 is 15.7 Å². The van der Waals surface area contributed by atoms with Gasteiger partial charge in [-0.25, -0.2) is 0 Å². The fourth-order valence-electron chi connectivity index (χ4n) is 3.05. The molecule has 0 spiro atoms. The van der Waals surface area contributed by atoms with Crippen LogP contribution in [0.25, 0.3) is 10.8 Å². The number of nitrogens with zero attached hydrogens (tertiary/aromatic N) is 1. The minimum Gasteiger partial charge on any atom is -0.507 e. The summed E-state index contributed by atoms with van der Waals surface area (Å²) in [7, 11) is 0.